The Labute approximate surface area is 120 Å². The van der Waals surface area contributed by atoms with E-state index >= 15 is 0 Å². The van der Waals surface area contributed by atoms with Crippen LogP contribution in [0.4, 0.5) is 0 Å². The SMILES string of the molecule is O=C1OC(CCOc2ccc3ccccc3n2)C(=O)C1O. The Balaban J connectivity index is 1.60. The average molecular weight is 287 g/mol. The molecule has 108 valence electrons. The van der Waals surface area contributed by atoms with Gasteiger partial charge >= 0.3 is 5.97 Å². The number of aliphatic hydroxyl groups is 1. The number of cyclic esters (lactones) is 1. The first-order valence-electron chi connectivity index (χ1n) is 6.56. The van der Waals surface area contributed by atoms with E-state index in [2.05, 4.69) is 4.98 Å². The number of benzene rings is 1. The van der Waals surface area contributed by atoms with Gasteiger partial charge in [0.25, 0.3) is 0 Å². The van der Waals surface area contributed by atoms with Crippen molar-refractivity contribution in [1.29, 1.82) is 0 Å². The van der Waals surface area contributed by atoms with E-state index in [0.717, 1.165) is 10.9 Å². The van der Waals surface area contributed by atoms with Gasteiger partial charge in [0.15, 0.2) is 6.10 Å². The van der Waals surface area contributed by atoms with Crippen molar-refractivity contribution >= 4 is 22.7 Å². The first-order chi connectivity index (χ1) is 10.1. The predicted molar refractivity (Wildman–Crippen MR) is 72.7 cm³/mol. The number of nitrogens with zero attached hydrogens (tertiary/aromatic N) is 1. The highest BCUT2D eigenvalue weighted by Crippen LogP contribution is 2.18. The molecule has 1 aromatic carbocycles. The summed E-state index contributed by atoms with van der Waals surface area (Å²) in [5.41, 5.74) is 0.814. The summed E-state index contributed by atoms with van der Waals surface area (Å²) in [5, 5.41) is 10.2. The highest BCUT2D eigenvalue weighted by Gasteiger charge is 2.41. The molecule has 21 heavy (non-hydrogen) atoms. The highest BCUT2D eigenvalue weighted by atomic mass is 16.6. The van der Waals surface area contributed by atoms with Gasteiger partial charge in [-0.25, -0.2) is 9.78 Å². The van der Waals surface area contributed by atoms with Crippen LogP contribution >= 0.6 is 0 Å². The standard InChI is InChI=1S/C15H13NO5/c17-13-11(21-15(19)14(13)18)7-8-20-12-6-5-9-3-1-2-4-10(9)16-12/h1-6,11,14,18H,7-8H2. The van der Waals surface area contributed by atoms with E-state index in [0.29, 0.717) is 5.88 Å². The molecule has 6 heteroatoms. The van der Waals surface area contributed by atoms with Gasteiger partial charge in [0.1, 0.15) is 0 Å². The Kier molecular flexibility index (Phi) is 3.53. The van der Waals surface area contributed by atoms with Crippen LogP contribution in [-0.4, -0.2) is 40.7 Å². The van der Waals surface area contributed by atoms with Crippen LogP contribution in [0.5, 0.6) is 5.88 Å². The number of aromatic nitrogens is 1. The lowest BCUT2D eigenvalue weighted by Crippen LogP contribution is -2.26. The summed E-state index contributed by atoms with van der Waals surface area (Å²) in [6.45, 7) is 0.168. The number of pyridine rings is 1. The second-order valence-corrected chi connectivity index (χ2v) is 4.71. The zero-order valence-electron chi connectivity index (χ0n) is 11.1. The summed E-state index contributed by atoms with van der Waals surface area (Å²) >= 11 is 0. The highest BCUT2D eigenvalue weighted by molar-refractivity contribution is 6.08. The van der Waals surface area contributed by atoms with E-state index in [1.165, 1.54) is 0 Å². The molecule has 1 N–H and O–H groups in total. The normalized spacial score (nSPS) is 21.6. The van der Waals surface area contributed by atoms with E-state index in [9.17, 15) is 14.7 Å². The molecule has 2 aromatic rings. The maximum atomic E-state index is 11.5. The zero-order chi connectivity index (χ0) is 14.8. The number of hydrogen-bond donors (Lipinski definition) is 1. The van der Waals surface area contributed by atoms with Crippen LogP contribution in [0.25, 0.3) is 10.9 Å². The molecular weight excluding hydrogens is 274 g/mol. The maximum absolute atomic E-state index is 11.5. The topological polar surface area (TPSA) is 85.7 Å². The molecule has 0 radical (unpaired) electrons. The molecule has 1 aliphatic heterocycles. The maximum Gasteiger partial charge on any atom is 0.343 e. The Morgan fingerprint density at radius 2 is 2.00 bits per heavy atom. The van der Waals surface area contributed by atoms with Crippen LogP contribution in [0.2, 0.25) is 0 Å². The lowest BCUT2D eigenvalue weighted by molar-refractivity contribution is -0.147. The molecule has 1 saturated heterocycles. The Hall–Kier alpha value is -2.47. The molecule has 6 nitrogen and oxygen atoms in total. The fourth-order valence-electron chi connectivity index (χ4n) is 2.15. The van der Waals surface area contributed by atoms with Crippen molar-refractivity contribution < 1.29 is 24.2 Å². The van der Waals surface area contributed by atoms with Gasteiger partial charge in [-0.15, -0.1) is 0 Å². The number of hydrogen-bond acceptors (Lipinski definition) is 6. The summed E-state index contributed by atoms with van der Waals surface area (Å²) in [5.74, 6) is -1.07. The summed E-state index contributed by atoms with van der Waals surface area (Å²) in [6, 6.07) is 11.3. The smallest absolute Gasteiger partial charge is 0.343 e. The Morgan fingerprint density at radius 1 is 1.19 bits per heavy atom. The second-order valence-electron chi connectivity index (χ2n) is 4.71. The summed E-state index contributed by atoms with van der Waals surface area (Å²) < 4.78 is 10.2. The minimum atomic E-state index is -1.66. The summed E-state index contributed by atoms with van der Waals surface area (Å²) in [6.07, 6.45) is -2.40. The van der Waals surface area contributed by atoms with Crippen molar-refractivity contribution in [3.05, 3.63) is 36.4 Å². The van der Waals surface area contributed by atoms with Crippen molar-refractivity contribution in [2.24, 2.45) is 0 Å². The molecule has 3 rings (SSSR count). The van der Waals surface area contributed by atoms with Gasteiger partial charge in [-0.05, 0) is 12.1 Å². The summed E-state index contributed by atoms with van der Waals surface area (Å²) in [7, 11) is 0. The van der Waals surface area contributed by atoms with Gasteiger partial charge in [0, 0.05) is 17.9 Å². The fourth-order valence-corrected chi connectivity index (χ4v) is 2.15. The predicted octanol–water partition coefficient (Wildman–Crippen LogP) is 0.859. The molecule has 1 aromatic heterocycles. The number of ketones is 1. The first-order valence-corrected chi connectivity index (χ1v) is 6.56. The van der Waals surface area contributed by atoms with Crippen molar-refractivity contribution in [3.63, 3.8) is 0 Å². The van der Waals surface area contributed by atoms with Gasteiger partial charge in [0.2, 0.25) is 17.8 Å². The van der Waals surface area contributed by atoms with Crippen LogP contribution in [0.1, 0.15) is 6.42 Å². The molecule has 2 atom stereocenters. The molecule has 0 saturated carbocycles. The minimum Gasteiger partial charge on any atom is -0.477 e. The van der Waals surface area contributed by atoms with Gasteiger partial charge in [-0.2, -0.15) is 0 Å². The Morgan fingerprint density at radius 3 is 2.76 bits per heavy atom. The van der Waals surface area contributed by atoms with Gasteiger partial charge < -0.3 is 14.6 Å². The number of Topliss-reactive ketones (excluding diaryl/α,β-unsaturated/α-hetero) is 1. The van der Waals surface area contributed by atoms with Gasteiger partial charge in [0.05, 0.1) is 12.1 Å². The largest absolute Gasteiger partial charge is 0.477 e. The van der Waals surface area contributed by atoms with E-state index < -0.39 is 24.0 Å². The molecule has 2 unspecified atom stereocenters. The van der Waals surface area contributed by atoms with Crippen LogP contribution < -0.4 is 4.74 Å². The lowest BCUT2D eigenvalue weighted by atomic mass is 10.1. The molecule has 0 aliphatic carbocycles. The molecular formula is C15H13NO5. The third-order valence-corrected chi connectivity index (χ3v) is 3.27. The number of fused-ring (bicyclic) bond motifs is 1. The van der Waals surface area contributed by atoms with Crippen LogP contribution in [0.3, 0.4) is 0 Å². The molecule has 1 aliphatic rings. The quantitative estimate of drug-likeness (QED) is 0.663. The number of carbonyl (C=O) groups is 2. The first kappa shape index (κ1) is 13.5. The van der Waals surface area contributed by atoms with Crippen LogP contribution in [-0.2, 0) is 14.3 Å². The number of esters is 1. The van der Waals surface area contributed by atoms with E-state index in [-0.39, 0.29) is 13.0 Å². The van der Waals surface area contributed by atoms with E-state index in [1.807, 2.05) is 30.3 Å². The third-order valence-electron chi connectivity index (χ3n) is 3.27. The van der Waals surface area contributed by atoms with Crippen molar-refractivity contribution in [3.8, 4) is 5.88 Å². The lowest BCUT2D eigenvalue weighted by Gasteiger charge is -2.09. The van der Waals surface area contributed by atoms with E-state index in [1.54, 1.807) is 6.07 Å². The monoisotopic (exact) mass is 287 g/mol. The summed E-state index contributed by atoms with van der Waals surface area (Å²) in [4.78, 5) is 26.8. The number of aliphatic hydroxyl groups excluding tert-OH is 1. The molecule has 0 spiro atoms. The second kappa shape index (κ2) is 5.49. The Bertz CT molecular complexity index is 699. The van der Waals surface area contributed by atoms with Crippen LogP contribution in [0, 0.1) is 0 Å². The molecule has 1 fully saturated rings. The van der Waals surface area contributed by atoms with Crippen molar-refractivity contribution in [1.82, 2.24) is 4.98 Å². The zero-order valence-corrected chi connectivity index (χ0v) is 11.1. The third kappa shape index (κ3) is 2.71. The fraction of sp³-hybridized carbons (Fsp3) is 0.267. The molecule has 0 bridgehead atoms. The number of carbonyl (C=O) groups excluding carboxylic acids is 2. The van der Waals surface area contributed by atoms with Crippen LogP contribution in [0.15, 0.2) is 36.4 Å². The minimum absolute atomic E-state index is 0.168. The van der Waals surface area contributed by atoms with Crippen molar-refractivity contribution in [2.75, 3.05) is 6.61 Å². The number of rotatable bonds is 4. The number of para-hydroxylation sites is 1. The van der Waals surface area contributed by atoms with Crippen molar-refractivity contribution in [2.45, 2.75) is 18.6 Å². The van der Waals surface area contributed by atoms with Gasteiger partial charge in [-0.1, -0.05) is 18.2 Å². The number of ether oxygens (including phenoxy) is 2. The van der Waals surface area contributed by atoms with E-state index in [4.69, 9.17) is 9.47 Å². The average Bonchev–Trinajstić information content (AvgIpc) is 2.74. The molecule has 2 heterocycles. The van der Waals surface area contributed by atoms with Gasteiger partial charge in [-0.3, -0.25) is 4.79 Å². The molecule has 0 amide bonds.